The Balaban J connectivity index is 1.90. The van der Waals surface area contributed by atoms with Crippen molar-refractivity contribution in [2.75, 3.05) is 19.6 Å². The Morgan fingerprint density at radius 3 is 2.87 bits per heavy atom. The topological polar surface area (TPSA) is 67.2 Å². The molecule has 0 aliphatic carbocycles. The zero-order chi connectivity index (χ0) is 16.4. The third-order valence-electron chi connectivity index (χ3n) is 4.00. The van der Waals surface area contributed by atoms with Gasteiger partial charge in [-0.2, -0.15) is 4.31 Å². The van der Waals surface area contributed by atoms with Crippen molar-refractivity contribution in [2.45, 2.75) is 11.8 Å². The fourth-order valence-corrected chi connectivity index (χ4v) is 4.85. The van der Waals surface area contributed by atoms with Crippen LogP contribution in [0.2, 0.25) is 5.02 Å². The minimum atomic E-state index is -3.50. The van der Waals surface area contributed by atoms with Gasteiger partial charge < -0.3 is 9.88 Å². The summed E-state index contributed by atoms with van der Waals surface area (Å²) in [4.78, 5) is 4.32. The Bertz CT molecular complexity index is 790. The zero-order valence-electron chi connectivity index (χ0n) is 12.8. The van der Waals surface area contributed by atoms with Gasteiger partial charge in [-0.25, -0.2) is 13.4 Å². The van der Waals surface area contributed by atoms with Crippen molar-refractivity contribution >= 4 is 21.6 Å². The molecule has 2 heterocycles. The number of halogens is 1. The van der Waals surface area contributed by atoms with Gasteiger partial charge in [-0.05, 0) is 11.6 Å². The van der Waals surface area contributed by atoms with Crippen molar-refractivity contribution in [3.05, 3.63) is 53.1 Å². The van der Waals surface area contributed by atoms with Gasteiger partial charge in [0, 0.05) is 44.1 Å². The molecule has 1 N–H and O–H groups in total. The Labute approximate surface area is 141 Å². The number of sulfonamides is 1. The number of hydrogen-bond acceptors (Lipinski definition) is 4. The van der Waals surface area contributed by atoms with Crippen molar-refractivity contribution in [1.82, 2.24) is 19.2 Å². The minimum Gasteiger partial charge on any atom is -0.337 e. The van der Waals surface area contributed by atoms with Gasteiger partial charge in [-0.3, -0.25) is 0 Å². The Hall–Kier alpha value is -1.41. The van der Waals surface area contributed by atoms with Gasteiger partial charge in [0.15, 0.2) is 0 Å². The van der Waals surface area contributed by atoms with Crippen LogP contribution in [0.15, 0.2) is 36.7 Å². The molecule has 0 saturated carbocycles. The van der Waals surface area contributed by atoms with E-state index in [0.717, 1.165) is 5.82 Å². The van der Waals surface area contributed by atoms with Crippen LogP contribution in [-0.4, -0.2) is 41.9 Å². The molecule has 8 heteroatoms. The summed E-state index contributed by atoms with van der Waals surface area (Å²) in [5.41, 5.74) is 0.617. The third kappa shape index (κ3) is 3.42. The van der Waals surface area contributed by atoms with E-state index in [1.54, 1.807) is 30.5 Å². The number of hydrogen-bond donors (Lipinski definition) is 1. The number of aryl methyl sites for hydroxylation is 1. The molecular weight excluding hydrogens is 336 g/mol. The monoisotopic (exact) mass is 354 g/mol. The molecule has 0 bridgehead atoms. The van der Waals surface area contributed by atoms with E-state index in [9.17, 15) is 8.42 Å². The van der Waals surface area contributed by atoms with Gasteiger partial charge in [-0.15, -0.1) is 0 Å². The number of aromatic nitrogens is 2. The van der Waals surface area contributed by atoms with E-state index in [0.29, 0.717) is 30.2 Å². The van der Waals surface area contributed by atoms with E-state index in [1.165, 1.54) is 4.31 Å². The van der Waals surface area contributed by atoms with Crippen LogP contribution in [0.4, 0.5) is 0 Å². The summed E-state index contributed by atoms with van der Waals surface area (Å²) < 4.78 is 29.2. The summed E-state index contributed by atoms with van der Waals surface area (Å²) in [5, 5.41) is 3.71. The molecule has 1 aliphatic heterocycles. The highest BCUT2D eigenvalue weighted by Crippen LogP contribution is 2.27. The van der Waals surface area contributed by atoms with Gasteiger partial charge >= 0.3 is 0 Å². The highest BCUT2D eigenvalue weighted by atomic mass is 35.5. The van der Waals surface area contributed by atoms with Crippen LogP contribution in [0.25, 0.3) is 0 Å². The summed E-state index contributed by atoms with van der Waals surface area (Å²) in [6, 6.07) is 6.74. The predicted molar refractivity (Wildman–Crippen MR) is 89.6 cm³/mol. The van der Waals surface area contributed by atoms with Gasteiger partial charge in [0.2, 0.25) is 10.0 Å². The first-order chi connectivity index (χ1) is 11.0. The summed E-state index contributed by atoms with van der Waals surface area (Å²) in [6.07, 6.45) is 3.51. The summed E-state index contributed by atoms with van der Waals surface area (Å²) in [7, 11) is -1.62. The van der Waals surface area contributed by atoms with Crippen molar-refractivity contribution in [3.8, 4) is 0 Å². The molecule has 1 atom stereocenters. The average molecular weight is 355 g/mol. The van der Waals surface area contributed by atoms with E-state index < -0.39 is 10.0 Å². The Kier molecular flexibility index (Phi) is 4.72. The van der Waals surface area contributed by atoms with Gasteiger partial charge in [0.1, 0.15) is 5.82 Å². The van der Waals surface area contributed by atoms with E-state index >= 15 is 0 Å². The van der Waals surface area contributed by atoms with Crippen LogP contribution in [-0.2, 0) is 22.8 Å². The van der Waals surface area contributed by atoms with Gasteiger partial charge in [0.05, 0.1) is 11.8 Å². The van der Waals surface area contributed by atoms with Crippen LogP contribution in [0.5, 0.6) is 0 Å². The fourth-order valence-electron chi connectivity index (χ4n) is 2.83. The fraction of sp³-hybridized carbons (Fsp3) is 0.400. The molecular formula is C15H19ClN4O2S. The SMILES string of the molecule is Cn1ccnc1C1CNCCN1S(=O)(=O)Cc1ccccc1Cl. The molecule has 1 saturated heterocycles. The first-order valence-electron chi connectivity index (χ1n) is 7.40. The highest BCUT2D eigenvalue weighted by molar-refractivity contribution is 7.88. The van der Waals surface area contributed by atoms with Crippen LogP contribution < -0.4 is 5.32 Å². The lowest BCUT2D eigenvalue weighted by atomic mass is 10.2. The molecule has 1 unspecified atom stereocenters. The normalized spacial score (nSPS) is 19.8. The molecule has 0 amide bonds. The number of nitrogens with zero attached hydrogens (tertiary/aromatic N) is 3. The molecule has 3 rings (SSSR count). The van der Waals surface area contributed by atoms with E-state index in [2.05, 4.69) is 10.3 Å². The largest absolute Gasteiger partial charge is 0.337 e. The molecule has 0 radical (unpaired) electrons. The lowest BCUT2D eigenvalue weighted by Gasteiger charge is -2.34. The maximum Gasteiger partial charge on any atom is 0.219 e. The number of nitrogens with one attached hydrogen (secondary N) is 1. The summed E-state index contributed by atoms with van der Waals surface area (Å²) in [6.45, 7) is 1.60. The molecule has 1 aromatic carbocycles. The molecule has 2 aromatic rings. The van der Waals surface area contributed by atoms with Gasteiger partial charge in [0.25, 0.3) is 0 Å². The molecule has 6 nitrogen and oxygen atoms in total. The van der Waals surface area contributed by atoms with Crippen molar-refractivity contribution in [3.63, 3.8) is 0 Å². The zero-order valence-corrected chi connectivity index (χ0v) is 14.4. The maximum atomic E-state index is 12.9. The number of piperazine rings is 1. The third-order valence-corrected chi connectivity index (χ3v) is 6.20. The smallest absolute Gasteiger partial charge is 0.219 e. The first kappa shape index (κ1) is 16.4. The van der Waals surface area contributed by atoms with Gasteiger partial charge in [-0.1, -0.05) is 29.8 Å². The summed E-state index contributed by atoms with van der Waals surface area (Å²) in [5.74, 6) is 0.632. The van der Waals surface area contributed by atoms with Crippen LogP contribution in [0, 0.1) is 0 Å². The quantitative estimate of drug-likeness (QED) is 0.904. The maximum absolute atomic E-state index is 12.9. The molecule has 0 spiro atoms. The lowest BCUT2D eigenvalue weighted by molar-refractivity contribution is 0.258. The van der Waals surface area contributed by atoms with E-state index in [-0.39, 0.29) is 11.8 Å². The minimum absolute atomic E-state index is 0.104. The Morgan fingerprint density at radius 1 is 1.39 bits per heavy atom. The second-order valence-electron chi connectivity index (χ2n) is 5.57. The second kappa shape index (κ2) is 6.60. The first-order valence-corrected chi connectivity index (χ1v) is 9.38. The molecule has 1 fully saturated rings. The van der Waals surface area contributed by atoms with Crippen LogP contribution in [0.3, 0.4) is 0 Å². The number of rotatable bonds is 4. The molecule has 1 aliphatic rings. The molecule has 23 heavy (non-hydrogen) atoms. The van der Waals surface area contributed by atoms with Crippen LogP contribution in [0.1, 0.15) is 17.4 Å². The second-order valence-corrected chi connectivity index (χ2v) is 7.90. The Morgan fingerprint density at radius 2 is 2.17 bits per heavy atom. The standard InChI is InChI=1S/C15H19ClN4O2S/c1-19-8-7-18-15(19)14-10-17-6-9-20(14)23(21,22)11-12-4-2-3-5-13(12)16/h2-5,7-8,14,17H,6,9-11H2,1H3. The lowest BCUT2D eigenvalue weighted by Crippen LogP contribution is -2.49. The number of imidazole rings is 1. The van der Waals surface area contributed by atoms with Crippen LogP contribution >= 0.6 is 11.6 Å². The van der Waals surface area contributed by atoms with Crippen molar-refractivity contribution in [1.29, 1.82) is 0 Å². The highest BCUT2D eigenvalue weighted by Gasteiger charge is 2.35. The average Bonchev–Trinajstić information content (AvgIpc) is 2.95. The summed E-state index contributed by atoms with van der Waals surface area (Å²) >= 11 is 6.12. The van der Waals surface area contributed by atoms with Crippen molar-refractivity contribution < 1.29 is 8.42 Å². The van der Waals surface area contributed by atoms with Crippen molar-refractivity contribution in [2.24, 2.45) is 7.05 Å². The molecule has 1 aromatic heterocycles. The molecule has 124 valence electrons. The predicted octanol–water partition coefficient (Wildman–Crippen LogP) is 1.55. The van der Waals surface area contributed by atoms with E-state index in [1.807, 2.05) is 17.8 Å². The van der Waals surface area contributed by atoms with E-state index in [4.69, 9.17) is 11.6 Å². The number of benzene rings is 1.